The first kappa shape index (κ1) is 26.6. The molecule has 3 heterocycles. The van der Waals surface area contributed by atoms with E-state index >= 15 is 4.39 Å². The van der Waals surface area contributed by atoms with Crippen LogP contribution in [0.15, 0.2) is 36.4 Å². The number of rotatable bonds is 7. The van der Waals surface area contributed by atoms with Crippen LogP contribution in [0.25, 0.3) is 32.8 Å². The number of piperazine rings is 1. The maximum absolute atomic E-state index is 16.7. The lowest BCUT2D eigenvalue weighted by Gasteiger charge is -2.34. The second-order valence-corrected chi connectivity index (χ2v) is 12.6. The summed E-state index contributed by atoms with van der Waals surface area (Å²) in [5, 5.41) is 15.3. The SMILES string of the molecule is CN(C)CC1(COc2nc(N3CC4CCC(C3)N4)c3cc(Cl)c(-c4cc(O)c(F)c5ccccc45)c(F)c3n2)CC1. The number of halogens is 3. The molecule has 0 radical (unpaired) electrons. The van der Waals surface area contributed by atoms with Crippen molar-refractivity contribution in [3.05, 3.63) is 53.1 Å². The summed E-state index contributed by atoms with van der Waals surface area (Å²) in [5.74, 6) is -1.40. The zero-order valence-corrected chi connectivity index (χ0v) is 23.8. The van der Waals surface area contributed by atoms with Gasteiger partial charge in [-0.25, -0.2) is 8.78 Å². The van der Waals surface area contributed by atoms with Crippen molar-refractivity contribution in [1.82, 2.24) is 20.2 Å². The number of nitrogens with zero attached hydrogens (tertiary/aromatic N) is 4. The molecule has 2 saturated heterocycles. The molecule has 0 spiro atoms. The first-order valence-electron chi connectivity index (χ1n) is 14.1. The van der Waals surface area contributed by atoms with Crippen LogP contribution in [-0.4, -0.2) is 72.4 Å². The third-order valence-corrected chi connectivity index (χ3v) is 9.00. The number of fused-ring (bicyclic) bond motifs is 4. The summed E-state index contributed by atoms with van der Waals surface area (Å²) >= 11 is 6.80. The highest BCUT2D eigenvalue weighted by atomic mass is 35.5. The third-order valence-electron chi connectivity index (χ3n) is 8.70. The molecule has 3 aromatic carbocycles. The van der Waals surface area contributed by atoms with Crippen molar-refractivity contribution in [2.75, 3.05) is 45.2 Å². The predicted molar refractivity (Wildman–Crippen MR) is 157 cm³/mol. The predicted octanol–water partition coefficient (Wildman–Crippen LogP) is 5.75. The highest BCUT2D eigenvalue weighted by Crippen LogP contribution is 2.47. The first-order valence-corrected chi connectivity index (χ1v) is 14.5. The maximum atomic E-state index is 16.7. The second kappa shape index (κ2) is 9.93. The fraction of sp³-hybridized carbons (Fsp3) is 0.419. The van der Waals surface area contributed by atoms with Gasteiger partial charge in [-0.15, -0.1) is 0 Å². The Labute approximate surface area is 242 Å². The van der Waals surface area contributed by atoms with Gasteiger partial charge >= 0.3 is 6.01 Å². The van der Waals surface area contributed by atoms with Gasteiger partial charge in [-0.05, 0) is 62.9 Å². The molecule has 3 fully saturated rings. The molecule has 0 amide bonds. The number of ether oxygens (including phenoxy) is 1. The molecule has 7 nitrogen and oxygen atoms in total. The van der Waals surface area contributed by atoms with Crippen LogP contribution in [0.4, 0.5) is 14.6 Å². The Kier molecular flexibility index (Phi) is 6.44. The van der Waals surface area contributed by atoms with E-state index in [4.69, 9.17) is 21.3 Å². The Morgan fingerprint density at radius 1 is 1.05 bits per heavy atom. The van der Waals surface area contributed by atoms with Gasteiger partial charge in [0.1, 0.15) is 11.3 Å². The molecule has 7 rings (SSSR count). The highest BCUT2D eigenvalue weighted by Gasteiger charge is 2.44. The topological polar surface area (TPSA) is 73.8 Å². The Balaban J connectivity index is 1.39. The molecule has 3 aliphatic rings. The molecule has 2 atom stereocenters. The monoisotopic (exact) mass is 579 g/mol. The number of benzene rings is 3. The van der Waals surface area contributed by atoms with E-state index in [1.54, 1.807) is 30.3 Å². The number of aromatic nitrogens is 2. The quantitative estimate of drug-likeness (QED) is 0.289. The molecular weight excluding hydrogens is 548 g/mol. The van der Waals surface area contributed by atoms with Crippen LogP contribution in [-0.2, 0) is 0 Å². The van der Waals surface area contributed by atoms with Gasteiger partial charge in [0.2, 0.25) is 0 Å². The summed E-state index contributed by atoms with van der Waals surface area (Å²) < 4.78 is 37.6. The molecule has 2 unspecified atom stereocenters. The zero-order chi connectivity index (χ0) is 28.5. The van der Waals surface area contributed by atoms with Crippen molar-refractivity contribution < 1.29 is 18.6 Å². The van der Waals surface area contributed by atoms with E-state index in [9.17, 15) is 9.50 Å². The van der Waals surface area contributed by atoms with Crippen LogP contribution < -0.4 is 15.0 Å². The Hall–Kier alpha value is -3.27. The summed E-state index contributed by atoms with van der Waals surface area (Å²) in [6, 6.07) is 10.3. The van der Waals surface area contributed by atoms with Crippen molar-refractivity contribution in [3.63, 3.8) is 0 Å². The standard InChI is InChI=1S/C31H32ClF2N5O2/c1-38(2)15-31(9-10-31)16-41-30-36-28-22(29(37-30)39-13-17-7-8-18(14-39)35-17)11-23(32)25(27(28)34)21-12-24(40)26(33)20-6-4-3-5-19(20)21/h3-6,11-12,17-18,35,40H,7-10,13-16H2,1-2H3. The van der Waals surface area contributed by atoms with Crippen LogP contribution >= 0.6 is 11.6 Å². The van der Waals surface area contributed by atoms with Gasteiger partial charge in [-0.3, -0.25) is 0 Å². The van der Waals surface area contributed by atoms with Crippen LogP contribution in [0.5, 0.6) is 11.8 Å². The molecular formula is C31H32ClF2N5O2. The highest BCUT2D eigenvalue weighted by molar-refractivity contribution is 6.35. The summed E-state index contributed by atoms with van der Waals surface area (Å²) in [5.41, 5.74) is 0.466. The van der Waals surface area contributed by atoms with Crippen molar-refractivity contribution in [3.8, 4) is 22.9 Å². The van der Waals surface area contributed by atoms with Crippen LogP contribution in [0.2, 0.25) is 5.02 Å². The lowest BCUT2D eigenvalue weighted by atomic mass is 9.95. The number of aromatic hydroxyl groups is 1. The minimum Gasteiger partial charge on any atom is -0.505 e. The minimum absolute atomic E-state index is 0.0460. The molecule has 2 aliphatic heterocycles. The largest absolute Gasteiger partial charge is 0.505 e. The van der Waals surface area contributed by atoms with Crippen molar-refractivity contribution in [2.45, 2.75) is 37.8 Å². The van der Waals surface area contributed by atoms with E-state index in [0.29, 0.717) is 35.3 Å². The molecule has 10 heteroatoms. The van der Waals surface area contributed by atoms with E-state index in [1.807, 2.05) is 14.1 Å². The second-order valence-electron chi connectivity index (χ2n) is 12.1. The van der Waals surface area contributed by atoms with Gasteiger partial charge in [0, 0.05) is 53.5 Å². The van der Waals surface area contributed by atoms with Crippen LogP contribution in [0.3, 0.4) is 0 Å². The molecule has 1 saturated carbocycles. The molecule has 4 aromatic rings. The fourth-order valence-corrected chi connectivity index (χ4v) is 6.92. The molecule has 41 heavy (non-hydrogen) atoms. The Bertz CT molecular complexity index is 1670. The number of phenolic OH excluding ortho intramolecular Hbond substituents is 1. The summed E-state index contributed by atoms with van der Waals surface area (Å²) in [6.45, 7) is 2.82. The number of hydrogen-bond acceptors (Lipinski definition) is 7. The van der Waals surface area contributed by atoms with Gasteiger partial charge in [-0.2, -0.15) is 9.97 Å². The number of hydrogen-bond donors (Lipinski definition) is 2. The third kappa shape index (κ3) is 4.73. The minimum atomic E-state index is -0.762. The Morgan fingerprint density at radius 2 is 1.76 bits per heavy atom. The molecule has 214 valence electrons. The average Bonchev–Trinajstić information content (AvgIpc) is 3.63. The van der Waals surface area contributed by atoms with E-state index in [-0.39, 0.29) is 38.5 Å². The first-order chi connectivity index (χ1) is 19.7. The summed E-state index contributed by atoms with van der Waals surface area (Å²) in [6.07, 6.45) is 4.28. The lowest BCUT2D eigenvalue weighted by Crippen LogP contribution is -2.51. The number of anilines is 1. The lowest BCUT2D eigenvalue weighted by molar-refractivity contribution is 0.183. The molecule has 1 aromatic heterocycles. The van der Waals surface area contributed by atoms with E-state index in [1.165, 1.54) is 6.07 Å². The summed E-state index contributed by atoms with van der Waals surface area (Å²) in [4.78, 5) is 13.7. The van der Waals surface area contributed by atoms with E-state index in [0.717, 1.165) is 45.3 Å². The van der Waals surface area contributed by atoms with Crippen molar-refractivity contribution in [2.24, 2.45) is 5.41 Å². The van der Waals surface area contributed by atoms with Crippen molar-refractivity contribution >= 4 is 39.1 Å². The van der Waals surface area contributed by atoms with E-state index < -0.39 is 17.4 Å². The van der Waals surface area contributed by atoms with Crippen molar-refractivity contribution in [1.29, 1.82) is 0 Å². The molecule has 2 bridgehead atoms. The smallest absolute Gasteiger partial charge is 0.319 e. The normalized spacial score (nSPS) is 21.3. The Morgan fingerprint density at radius 3 is 2.44 bits per heavy atom. The zero-order valence-electron chi connectivity index (χ0n) is 23.1. The molecule has 2 N–H and O–H groups in total. The summed E-state index contributed by atoms with van der Waals surface area (Å²) in [7, 11) is 4.09. The van der Waals surface area contributed by atoms with Gasteiger partial charge in [0.05, 0.1) is 11.6 Å². The van der Waals surface area contributed by atoms with E-state index in [2.05, 4.69) is 20.1 Å². The van der Waals surface area contributed by atoms with Gasteiger partial charge in [0.25, 0.3) is 0 Å². The van der Waals surface area contributed by atoms with Crippen LogP contribution in [0.1, 0.15) is 25.7 Å². The average molecular weight is 580 g/mol. The van der Waals surface area contributed by atoms with Gasteiger partial charge in [0.15, 0.2) is 17.4 Å². The fourth-order valence-electron chi connectivity index (χ4n) is 6.63. The maximum Gasteiger partial charge on any atom is 0.319 e. The molecule has 1 aliphatic carbocycles. The van der Waals surface area contributed by atoms with Gasteiger partial charge < -0.3 is 25.0 Å². The number of phenols is 1. The number of nitrogens with one attached hydrogen (secondary N) is 1. The van der Waals surface area contributed by atoms with Crippen LogP contribution in [0, 0.1) is 17.0 Å². The van der Waals surface area contributed by atoms with Gasteiger partial charge in [-0.1, -0.05) is 35.9 Å².